The van der Waals surface area contributed by atoms with Gasteiger partial charge in [-0.3, -0.25) is 4.79 Å². The van der Waals surface area contributed by atoms with Crippen LogP contribution in [0.2, 0.25) is 0 Å². The van der Waals surface area contributed by atoms with Crippen LogP contribution in [0.4, 0.5) is 0 Å². The normalized spacial score (nSPS) is 33.2. The fourth-order valence-electron chi connectivity index (χ4n) is 10.9. The highest BCUT2D eigenvalue weighted by atomic mass is 16.5. The second kappa shape index (κ2) is 19.0. The van der Waals surface area contributed by atoms with Gasteiger partial charge in [0.05, 0.1) is 12.1 Å². The summed E-state index contributed by atoms with van der Waals surface area (Å²) in [6.45, 7) is 17.9. The third-order valence-corrected chi connectivity index (χ3v) is 13.7. The second-order valence-electron chi connectivity index (χ2n) is 17.3. The van der Waals surface area contributed by atoms with Gasteiger partial charge in [-0.25, -0.2) is 0 Å². The molecule has 0 amide bonds. The first-order valence-electron chi connectivity index (χ1n) is 20.3. The van der Waals surface area contributed by atoms with E-state index in [1.807, 2.05) is 0 Å². The van der Waals surface area contributed by atoms with Crippen molar-refractivity contribution in [3.8, 4) is 0 Å². The van der Waals surface area contributed by atoms with E-state index < -0.39 is 0 Å². The highest BCUT2D eigenvalue weighted by Gasteiger charge is 2.59. The van der Waals surface area contributed by atoms with Gasteiger partial charge in [-0.2, -0.15) is 0 Å². The number of hydrogen-bond donors (Lipinski definition) is 4. The number of fused-ring (bicyclic) bond motifs is 5. The third-order valence-electron chi connectivity index (χ3n) is 13.7. The summed E-state index contributed by atoms with van der Waals surface area (Å²) >= 11 is 0. The highest BCUT2D eigenvalue weighted by Crippen LogP contribution is 2.67. The molecule has 6 N–H and O–H groups in total. The van der Waals surface area contributed by atoms with E-state index in [0.29, 0.717) is 36.4 Å². The molecule has 0 aromatic heterocycles. The van der Waals surface area contributed by atoms with Gasteiger partial charge in [0.25, 0.3) is 0 Å². The Balaban J connectivity index is 1.13. The number of carbonyl (C=O) groups excluding carboxylic acids is 1. The van der Waals surface area contributed by atoms with Crippen molar-refractivity contribution in [2.45, 2.75) is 156 Å². The van der Waals surface area contributed by atoms with Gasteiger partial charge in [0.2, 0.25) is 0 Å². The van der Waals surface area contributed by atoms with Crippen LogP contribution in [-0.2, 0) is 9.53 Å². The average molecular weight is 657 g/mol. The Morgan fingerprint density at radius 1 is 0.894 bits per heavy atom. The lowest BCUT2D eigenvalue weighted by molar-refractivity contribution is -0.121. The topological polar surface area (TPSA) is 102 Å². The summed E-state index contributed by atoms with van der Waals surface area (Å²) < 4.78 is 6.43. The summed E-state index contributed by atoms with van der Waals surface area (Å²) in [4.78, 5) is 12.6. The first kappa shape index (κ1) is 39.0. The predicted molar refractivity (Wildman–Crippen MR) is 198 cm³/mol. The van der Waals surface area contributed by atoms with Crippen LogP contribution in [0, 0.1) is 46.3 Å². The van der Waals surface area contributed by atoms with Crippen LogP contribution < -0.4 is 22.1 Å². The van der Waals surface area contributed by atoms with Gasteiger partial charge in [0.1, 0.15) is 5.78 Å². The number of rotatable bonds is 22. The Labute approximate surface area is 290 Å². The fourth-order valence-corrected chi connectivity index (χ4v) is 10.9. The Kier molecular flexibility index (Phi) is 15.8. The second-order valence-corrected chi connectivity index (χ2v) is 17.3. The monoisotopic (exact) mass is 657 g/mol. The highest BCUT2D eigenvalue weighted by molar-refractivity contribution is 5.83. The molecule has 4 aliphatic rings. The van der Waals surface area contributed by atoms with Crippen molar-refractivity contribution in [2.24, 2.45) is 57.8 Å². The van der Waals surface area contributed by atoms with E-state index in [1.54, 1.807) is 5.57 Å². The zero-order valence-electron chi connectivity index (χ0n) is 31.4. The molecule has 47 heavy (non-hydrogen) atoms. The van der Waals surface area contributed by atoms with Crippen molar-refractivity contribution in [3.05, 3.63) is 11.6 Å². The van der Waals surface area contributed by atoms with Crippen molar-refractivity contribution in [1.29, 1.82) is 0 Å². The van der Waals surface area contributed by atoms with Crippen LogP contribution in [0.3, 0.4) is 0 Å². The molecule has 0 heterocycles. The van der Waals surface area contributed by atoms with Gasteiger partial charge in [-0.1, -0.05) is 65.5 Å². The smallest absolute Gasteiger partial charge is 0.149 e. The number of unbranched alkanes of at least 4 members (excludes halogenated alkanes) is 1. The molecule has 0 aliphatic heterocycles. The lowest BCUT2D eigenvalue weighted by Gasteiger charge is -2.58. The van der Waals surface area contributed by atoms with Gasteiger partial charge in [-0.05, 0) is 163 Å². The zero-order chi connectivity index (χ0) is 33.9. The molecule has 0 spiro atoms. The summed E-state index contributed by atoms with van der Waals surface area (Å²) in [5.74, 6) is 5.47. The minimum absolute atomic E-state index is 0.181. The summed E-state index contributed by atoms with van der Waals surface area (Å²) in [6.07, 6.45) is 23.2. The molecule has 3 fully saturated rings. The van der Waals surface area contributed by atoms with E-state index in [2.05, 4.69) is 51.3 Å². The first-order valence-corrected chi connectivity index (χ1v) is 20.3. The van der Waals surface area contributed by atoms with Crippen LogP contribution in [0.1, 0.15) is 144 Å². The molecule has 6 nitrogen and oxygen atoms in total. The molecule has 1 unspecified atom stereocenters. The Morgan fingerprint density at radius 2 is 1.64 bits per heavy atom. The molecule has 0 aromatic rings. The minimum atomic E-state index is -0.364. The lowest BCUT2D eigenvalue weighted by atomic mass is 9.47. The quantitative estimate of drug-likeness (QED) is 0.0701. The molecule has 0 bridgehead atoms. The maximum atomic E-state index is 12.6. The number of Topliss-reactive ketones (excluding diaryl/α,β-unsaturated/α-hetero) is 1. The molecule has 9 atom stereocenters. The van der Waals surface area contributed by atoms with E-state index in [-0.39, 0.29) is 11.8 Å². The Bertz CT molecular complexity index is 969. The van der Waals surface area contributed by atoms with E-state index in [0.717, 1.165) is 107 Å². The van der Waals surface area contributed by atoms with E-state index in [4.69, 9.17) is 16.2 Å². The Hall–Kier alpha value is -0.790. The maximum absolute atomic E-state index is 12.6. The zero-order valence-corrected chi connectivity index (χ0v) is 31.4. The van der Waals surface area contributed by atoms with Crippen molar-refractivity contribution in [2.75, 3.05) is 39.3 Å². The fraction of sp³-hybridized carbons (Fsp3) is 0.927. The van der Waals surface area contributed by atoms with Crippen LogP contribution in [0.15, 0.2) is 11.6 Å². The van der Waals surface area contributed by atoms with Crippen molar-refractivity contribution in [3.63, 3.8) is 0 Å². The summed E-state index contributed by atoms with van der Waals surface area (Å²) in [6, 6.07) is -0.364. The van der Waals surface area contributed by atoms with Gasteiger partial charge in [0.15, 0.2) is 0 Å². The number of nitrogens with two attached hydrogens (primary N) is 2. The Morgan fingerprint density at radius 3 is 2.38 bits per heavy atom. The van der Waals surface area contributed by atoms with Crippen LogP contribution in [0.25, 0.3) is 0 Å². The average Bonchev–Trinajstić information content (AvgIpc) is 3.41. The number of hydrogen-bond acceptors (Lipinski definition) is 6. The SMILES string of the molecule is CC(C)CCC[C@@H](C)[C@H]1CC[C@H]2[C@@H]3CC=C4C[C@@H](OCCCC(=O)C(N)CCNCCCCNCCCN)CC[C@]4(C)[C@H]3CC[C@]12C. The van der Waals surface area contributed by atoms with E-state index in [1.165, 1.54) is 57.8 Å². The summed E-state index contributed by atoms with van der Waals surface area (Å²) in [5, 5.41) is 6.86. The lowest BCUT2D eigenvalue weighted by Crippen LogP contribution is -2.51. The van der Waals surface area contributed by atoms with Crippen molar-refractivity contribution in [1.82, 2.24) is 10.6 Å². The van der Waals surface area contributed by atoms with Gasteiger partial charge in [0, 0.05) is 13.0 Å². The number of carbonyl (C=O) groups is 1. The predicted octanol–water partition coefficient (Wildman–Crippen LogP) is 7.79. The molecule has 4 aliphatic carbocycles. The molecule has 4 rings (SSSR count). The van der Waals surface area contributed by atoms with Crippen LogP contribution >= 0.6 is 0 Å². The summed E-state index contributed by atoms with van der Waals surface area (Å²) in [7, 11) is 0. The van der Waals surface area contributed by atoms with Gasteiger partial charge < -0.3 is 26.8 Å². The minimum Gasteiger partial charge on any atom is -0.378 e. The van der Waals surface area contributed by atoms with Crippen molar-refractivity contribution < 1.29 is 9.53 Å². The molecule has 6 heteroatoms. The van der Waals surface area contributed by atoms with Crippen LogP contribution in [0.5, 0.6) is 0 Å². The summed E-state index contributed by atoms with van der Waals surface area (Å²) in [5.41, 5.74) is 14.4. The third kappa shape index (κ3) is 10.4. The maximum Gasteiger partial charge on any atom is 0.149 e. The molecular weight excluding hydrogens is 580 g/mol. The number of nitrogens with one attached hydrogen (secondary N) is 2. The molecule has 3 saturated carbocycles. The van der Waals surface area contributed by atoms with E-state index in [9.17, 15) is 4.79 Å². The van der Waals surface area contributed by atoms with E-state index >= 15 is 0 Å². The molecular formula is C41H76N4O2. The first-order chi connectivity index (χ1) is 22.6. The van der Waals surface area contributed by atoms with Crippen molar-refractivity contribution >= 4 is 5.78 Å². The largest absolute Gasteiger partial charge is 0.378 e. The number of allylic oxidation sites excluding steroid dienone is 1. The van der Waals surface area contributed by atoms with Gasteiger partial charge >= 0.3 is 0 Å². The molecule has 272 valence electrons. The van der Waals surface area contributed by atoms with Gasteiger partial charge in [-0.15, -0.1) is 0 Å². The molecule has 0 aromatic carbocycles. The number of ketones is 1. The van der Waals surface area contributed by atoms with Crippen LogP contribution in [-0.4, -0.2) is 57.3 Å². The number of ether oxygens (including phenoxy) is 1. The molecule has 0 saturated heterocycles. The standard InChI is InChI=1S/C41H76N4O2/c1-30(2)11-8-12-31(3)35-16-17-36-34-15-14-32-29-33(18-21-40(32,4)37(34)19-22-41(35,36)5)47-28-9-13-39(46)38(43)20-27-45-25-7-6-24-44-26-10-23-42/h14,30-31,33-38,44-45H,6-13,15-29,42-43H2,1-5H3/t31-,33+,34+,35-,36+,37+,38?,40+,41-/m1/s1. The molecule has 0 radical (unpaired) electrons.